The van der Waals surface area contributed by atoms with Gasteiger partial charge in [-0.1, -0.05) is 27.2 Å². The van der Waals surface area contributed by atoms with E-state index < -0.39 is 0 Å². The number of likely N-dealkylation sites (N-methyl/N-ethyl adjacent to an activating group) is 1. The Hall–Kier alpha value is -0.860. The lowest BCUT2D eigenvalue weighted by molar-refractivity contribution is -0.147. The molecule has 1 aliphatic carbocycles. The van der Waals surface area contributed by atoms with E-state index >= 15 is 0 Å². The fourth-order valence-electron chi connectivity index (χ4n) is 1.99. The Morgan fingerprint density at radius 2 is 1.87 bits per heavy atom. The van der Waals surface area contributed by atoms with Crippen LogP contribution >= 0.6 is 0 Å². The van der Waals surface area contributed by atoms with Gasteiger partial charge in [0.2, 0.25) is 5.78 Å². The van der Waals surface area contributed by atoms with Crippen LogP contribution in [0.5, 0.6) is 0 Å². The summed E-state index contributed by atoms with van der Waals surface area (Å²) < 4.78 is 0. The molecule has 1 aliphatic rings. The van der Waals surface area contributed by atoms with E-state index in [9.17, 15) is 9.59 Å². The molecule has 15 heavy (non-hydrogen) atoms. The second kappa shape index (κ2) is 4.33. The van der Waals surface area contributed by atoms with E-state index in [1.807, 2.05) is 0 Å². The summed E-state index contributed by atoms with van der Waals surface area (Å²) >= 11 is 0. The fourth-order valence-corrected chi connectivity index (χ4v) is 1.99. The third kappa shape index (κ3) is 2.39. The van der Waals surface area contributed by atoms with E-state index in [1.165, 1.54) is 0 Å². The molecule has 0 aromatic heterocycles. The van der Waals surface area contributed by atoms with Crippen molar-refractivity contribution in [2.45, 2.75) is 52.0 Å². The molecule has 0 heterocycles. The summed E-state index contributed by atoms with van der Waals surface area (Å²) in [5, 5.41) is 0. The average molecular weight is 211 g/mol. The van der Waals surface area contributed by atoms with Crippen molar-refractivity contribution in [3.8, 4) is 0 Å². The Labute approximate surface area is 91.8 Å². The maximum absolute atomic E-state index is 11.8. The van der Waals surface area contributed by atoms with Crippen molar-refractivity contribution >= 4 is 11.7 Å². The minimum absolute atomic E-state index is 0.0103. The summed E-state index contributed by atoms with van der Waals surface area (Å²) in [6.07, 6.45) is 4.18. The van der Waals surface area contributed by atoms with Gasteiger partial charge in [-0.15, -0.1) is 0 Å². The SMILES string of the molecule is CCCC1(N(C)C(=O)C(=O)C(C)C)CC1. The monoisotopic (exact) mass is 211 g/mol. The molecule has 1 saturated carbocycles. The van der Waals surface area contributed by atoms with Crippen molar-refractivity contribution in [1.29, 1.82) is 0 Å². The van der Waals surface area contributed by atoms with Crippen LogP contribution in [0.1, 0.15) is 46.5 Å². The highest BCUT2D eigenvalue weighted by Gasteiger charge is 2.48. The van der Waals surface area contributed by atoms with Crippen LogP contribution in [0.4, 0.5) is 0 Å². The second-order valence-electron chi connectivity index (χ2n) is 4.86. The molecule has 0 aromatic carbocycles. The van der Waals surface area contributed by atoms with Gasteiger partial charge in [-0.05, 0) is 19.3 Å². The smallest absolute Gasteiger partial charge is 0.290 e. The molecule has 86 valence electrons. The van der Waals surface area contributed by atoms with Crippen molar-refractivity contribution in [2.75, 3.05) is 7.05 Å². The first kappa shape index (κ1) is 12.2. The zero-order valence-corrected chi connectivity index (χ0v) is 10.2. The van der Waals surface area contributed by atoms with Gasteiger partial charge < -0.3 is 4.90 Å². The molecule has 0 radical (unpaired) electrons. The van der Waals surface area contributed by atoms with Crippen molar-refractivity contribution in [2.24, 2.45) is 5.92 Å². The van der Waals surface area contributed by atoms with Crippen LogP contribution in [0, 0.1) is 5.92 Å². The first-order chi connectivity index (χ1) is 6.94. The molecule has 0 atom stereocenters. The number of ketones is 1. The number of Topliss-reactive ketones (excluding diaryl/α,β-unsaturated/α-hetero) is 1. The summed E-state index contributed by atoms with van der Waals surface area (Å²) in [5.74, 6) is -0.770. The normalized spacial score (nSPS) is 17.7. The Kier molecular flexibility index (Phi) is 3.53. The number of amides is 1. The van der Waals surface area contributed by atoms with Crippen LogP contribution in [-0.4, -0.2) is 29.2 Å². The van der Waals surface area contributed by atoms with Crippen LogP contribution in [0.15, 0.2) is 0 Å². The highest BCUT2D eigenvalue weighted by Crippen LogP contribution is 2.44. The van der Waals surface area contributed by atoms with Gasteiger partial charge in [0.25, 0.3) is 5.91 Å². The van der Waals surface area contributed by atoms with Gasteiger partial charge in [0.15, 0.2) is 0 Å². The van der Waals surface area contributed by atoms with Gasteiger partial charge >= 0.3 is 0 Å². The van der Waals surface area contributed by atoms with Crippen LogP contribution in [0.25, 0.3) is 0 Å². The molecule has 3 nitrogen and oxygen atoms in total. The molecule has 0 aromatic rings. The second-order valence-corrected chi connectivity index (χ2v) is 4.86. The number of rotatable bonds is 5. The quantitative estimate of drug-likeness (QED) is 0.652. The number of hydrogen-bond donors (Lipinski definition) is 0. The topological polar surface area (TPSA) is 37.4 Å². The largest absolute Gasteiger partial charge is 0.333 e. The zero-order chi connectivity index (χ0) is 11.6. The first-order valence-electron chi connectivity index (χ1n) is 5.76. The minimum atomic E-state index is -0.309. The Morgan fingerprint density at radius 3 is 2.20 bits per heavy atom. The van der Waals surface area contributed by atoms with Gasteiger partial charge in [-0.25, -0.2) is 0 Å². The lowest BCUT2D eigenvalue weighted by Crippen LogP contribution is -2.44. The van der Waals surface area contributed by atoms with E-state index in [2.05, 4.69) is 6.92 Å². The Morgan fingerprint density at radius 1 is 1.33 bits per heavy atom. The zero-order valence-electron chi connectivity index (χ0n) is 10.2. The summed E-state index contributed by atoms with van der Waals surface area (Å²) in [6, 6.07) is 0. The molecule has 1 fully saturated rings. The molecule has 1 amide bonds. The molecule has 0 unspecified atom stereocenters. The fraction of sp³-hybridized carbons (Fsp3) is 0.833. The maximum Gasteiger partial charge on any atom is 0.290 e. The summed E-state index contributed by atoms with van der Waals surface area (Å²) in [7, 11) is 1.77. The first-order valence-corrected chi connectivity index (χ1v) is 5.76. The van der Waals surface area contributed by atoms with Gasteiger partial charge in [0.05, 0.1) is 0 Å². The van der Waals surface area contributed by atoms with Crippen molar-refractivity contribution < 1.29 is 9.59 Å². The van der Waals surface area contributed by atoms with Crippen LogP contribution in [0.3, 0.4) is 0 Å². The van der Waals surface area contributed by atoms with E-state index in [4.69, 9.17) is 0 Å². The van der Waals surface area contributed by atoms with Crippen molar-refractivity contribution in [3.05, 3.63) is 0 Å². The van der Waals surface area contributed by atoms with Crippen LogP contribution in [-0.2, 0) is 9.59 Å². The highest BCUT2D eigenvalue weighted by atomic mass is 16.2. The standard InChI is InChI=1S/C12H21NO2/c1-5-6-12(7-8-12)13(4)11(15)10(14)9(2)3/h9H,5-8H2,1-4H3. The van der Waals surface area contributed by atoms with Gasteiger partial charge in [-0.2, -0.15) is 0 Å². The van der Waals surface area contributed by atoms with Gasteiger partial charge in [0.1, 0.15) is 0 Å². The van der Waals surface area contributed by atoms with E-state index in [1.54, 1.807) is 25.8 Å². The van der Waals surface area contributed by atoms with Crippen LogP contribution in [0.2, 0.25) is 0 Å². The lowest BCUT2D eigenvalue weighted by Gasteiger charge is -2.27. The van der Waals surface area contributed by atoms with E-state index in [-0.39, 0.29) is 23.1 Å². The molecule has 0 spiro atoms. The summed E-state index contributed by atoms with van der Waals surface area (Å²) in [5.41, 5.74) is 0.0103. The molecular formula is C12H21NO2. The van der Waals surface area contributed by atoms with Crippen LogP contribution < -0.4 is 0 Å². The Balaban J connectivity index is 2.64. The van der Waals surface area contributed by atoms with E-state index in [0.717, 1.165) is 25.7 Å². The maximum atomic E-state index is 11.8. The molecule has 0 N–H and O–H groups in total. The van der Waals surface area contributed by atoms with Crippen molar-refractivity contribution in [3.63, 3.8) is 0 Å². The number of carbonyl (C=O) groups is 2. The van der Waals surface area contributed by atoms with Gasteiger partial charge in [0, 0.05) is 18.5 Å². The summed E-state index contributed by atoms with van der Waals surface area (Å²) in [4.78, 5) is 25.1. The molecule has 0 bridgehead atoms. The summed E-state index contributed by atoms with van der Waals surface area (Å²) in [6.45, 7) is 5.66. The third-order valence-electron chi connectivity index (χ3n) is 3.29. The highest BCUT2D eigenvalue weighted by molar-refractivity contribution is 6.36. The average Bonchev–Trinajstić information content (AvgIpc) is 2.96. The molecule has 3 heteroatoms. The molecule has 0 saturated heterocycles. The molecule has 1 rings (SSSR count). The minimum Gasteiger partial charge on any atom is -0.333 e. The Bertz CT molecular complexity index is 267. The van der Waals surface area contributed by atoms with Crippen molar-refractivity contribution in [1.82, 2.24) is 4.90 Å². The molecular weight excluding hydrogens is 190 g/mol. The predicted molar refractivity (Wildman–Crippen MR) is 59.5 cm³/mol. The van der Waals surface area contributed by atoms with Gasteiger partial charge in [-0.3, -0.25) is 9.59 Å². The third-order valence-corrected chi connectivity index (χ3v) is 3.29. The predicted octanol–water partition coefficient (Wildman–Crippen LogP) is 2.00. The number of hydrogen-bond acceptors (Lipinski definition) is 2. The lowest BCUT2D eigenvalue weighted by atomic mass is 10.0. The molecule has 0 aliphatic heterocycles. The number of nitrogens with zero attached hydrogens (tertiary/aromatic N) is 1. The van der Waals surface area contributed by atoms with E-state index in [0.29, 0.717) is 0 Å². The number of carbonyl (C=O) groups excluding carboxylic acids is 2.